The van der Waals surface area contributed by atoms with Crippen molar-refractivity contribution in [2.45, 2.75) is 6.92 Å². The Hall–Kier alpha value is -1.82. The topological polar surface area (TPSA) is 44.4 Å². The van der Waals surface area contributed by atoms with E-state index in [2.05, 4.69) is 10.6 Å². The van der Waals surface area contributed by atoms with Gasteiger partial charge in [-0.2, -0.15) is 0 Å². The summed E-state index contributed by atoms with van der Waals surface area (Å²) in [6.45, 7) is 2.11. The van der Waals surface area contributed by atoms with Crippen LogP contribution >= 0.6 is 35.4 Å². The Kier molecular flexibility index (Phi) is 6.43. The number of thiocarbonyl (C=S) groups is 1. The van der Waals surface area contributed by atoms with Crippen LogP contribution in [0.5, 0.6) is 0 Å². The van der Waals surface area contributed by atoms with E-state index in [0.717, 1.165) is 11.3 Å². The zero-order valence-corrected chi connectivity index (χ0v) is 15.6. The lowest BCUT2D eigenvalue weighted by atomic mass is 10.2. The van der Waals surface area contributed by atoms with Crippen LogP contribution in [0, 0.1) is 6.92 Å². The second kappa shape index (κ2) is 8.33. The van der Waals surface area contributed by atoms with Gasteiger partial charge < -0.3 is 15.5 Å². The number of rotatable bonds is 4. The summed E-state index contributed by atoms with van der Waals surface area (Å²) >= 11 is 17.2. The lowest BCUT2D eigenvalue weighted by Crippen LogP contribution is -2.37. The molecular formula is C17H17Cl2N3OS. The van der Waals surface area contributed by atoms with E-state index in [0.29, 0.717) is 20.8 Å². The van der Waals surface area contributed by atoms with E-state index in [-0.39, 0.29) is 12.5 Å². The minimum atomic E-state index is -0.158. The van der Waals surface area contributed by atoms with Crippen molar-refractivity contribution in [2.75, 3.05) is 24.2 Å². The number of nitrogens with zero attached hydrogens (tertiary/aromatic N) is 1. The molecule has 0 saturated carbocycles. The largest absolute Gasteiger partial charge is 0.343 e. The van der Waals surface area contributed by atoms with Gasteiger partial charge in [0, 0.05) is 28.5 Å². The van der Waals surface area contributed by atoms with Crippen LogP contribution in [0.3, 0.4) is 0 Å². The Balaban J connectivity index is 1.90. The van der Waals surface area contributed by atoms with Crippen LogP contribution in [-0.2, 0) is 4.79 Å². The van der Waals surface area contributed by atoms with Crippen LogP contribution in [-0.4, -0.2) is 29.5 Å². The lowest BCUT2D eigenvalue weighted by molar-refractivity contribution is -0.116. The Labute approximate surface area is 156 Å². The van der Waals surface area contributed by atoms with Crippen molar-refractivity contribution < 1.29 is 4.79 Å². The SMILES string of the molecule is Cc1ccc(NC(=O)CN(C)C(=S)Nc2cc(Cl)cc(Cl)c2)cc1. The third-order valence-corrected chi connectivity index (χ3v) is 4.03. The van der Waals surface area contributed by atoms with Gasteiger partial charge in [0.15, 0.2) is 5.11 Å². The van der Waals surface area contributed by atoms with Crippen molar-refractivity contribution in [3.63, 3.8) is 0 Å². The summed E-state index contributed by atoms with van der Waals surface area (Å²) in [5, 5.41) is 7.25. The molecule has 0 aliphatic rings. The first kappa shape index (κ1) is 18.5. The number of hydrogen-bond acceptors (Lipinski definition) is 2. The maximum absolute atomic E-state index is 12.1. The number of likely N-dealkylation sites (N-methyl/N-ethyl adjacent to an activating group) is 1. The fourth-order valence-electron chi connectivity index (χ4n) is 1.97. The van der Waals surface area contributed by atoms with Crippen LogP contribution in [0.2, 0.25) is 10.0 Å². The van der Waals surface area contributed by atoms with Gasteiger partial charge in [-0.3, -0.25) is 4.79 Å². The Morgan fingerprint density at radius 2 is 1.62 bits per heavy atom. The first-order valence-corrected chi connectivity index (χ1v) is 8.34. The molecule has 1 amide bonds. The maximum atomic E-state index is 12.1. The Bertz CT molecular complexity index is 730. The summed E-state index contributed by atoms with van der Waals surface area (Å²) in [5.41, 5.74) is 2.55. The van der Waals surface area contributed by atoms with Gasteiger partial charge in [-0.25, -0.2) is 0 Å². The van der Waals surface area contributed by atoms with Crippen LogP contribution in [0.4, 0.5) is 11.4 Å². The Morgan fingerprint density at radius 1 is 1.04 bits per heavy atom. The summed E-state index contributed by atoms with van der Waals surface area (Å²) in [6, 6.07) is 12.6. The molecule has 0 aromatic heterocycles. The fourth-order valence-corrected chi connectivity index (χ4v) is 2.68. The van der Waals surface area contributed by atoms with E-state index < -0.39 is 0 Å². The van der Waals surface area contributed by atoms with Gasteiger partial charge in [0.25, 0.3) is 0 Å². The molecule has 0 radical (unpaired) electrons. The molecule has 4 nitrogen and oxygen atoms in total. The predicted octanol–water partition coefficient (Wildman–Crippen LogP) is 4.57. The molecule has 0 atom stereocenters. The van der Waals surface area contributed by atoms with Gasteiger partial charge in [-0.05, 0) is 49.5 Å². The van der Waals surface area contributed by atoms with Crippen molar-refractivity contribution in [2.24, 2.45) is 0 Å². The molecule has 2 aromatic rings. The minimum absolute atomic E-state index is 0.119. The van der Waals surface area contributed by atoms with Gasteiger partial charge in [0.1, 0.15) is 0 Å². The summed E-state index contributed by atoms with van der Waals surface area (Å²) < 4.78 is 0. The predicted molar refractivity (Wildman–Crippen MR) is 105 cm³/mol. The zero-order valence-electron chi connectivity index (χ0n) is 13.3. The summed E-state index contributed by atoms with van der Waals surface area (Å²) in [7, 11) is 1.73. The number of aryl methyl sites for hydroxylation is 1. The molecule has 0 bridgehead atoms. The smallest absolute Gasteiger partial charge is 0.243 e. The van der Waals surface area contributed by atoms with Crippen molar-refractivity contribution in [1.29, 1.82) is 0 Å². The molecule has 0 heterocycles. The highest BCUT2D eigenvalue weighted by molar-refractivity contribution is 7.80. The second-order valence-electron chi connectivity index (χ2n) is 5.36. The van der Waals surface area contributed by atoms with E-state index in [1.54, 1.807) is 30.1 Å². The molecule has 0 aliphatic heterocycles. The zero-order chi connectivity index (χ0) is 17.7. The summed E-state index contributed by atoms with van der Waals surface area (Å²) in [5.74, 6) is -0.158. The number of hydrogen-bond donors (Lipinski definition) is 2. The van der Waals surface area contributed by atoms with Crippen LogP contribution in [0.25, 0.3) is 0 Å². The first-order valence-electron chi connectivity index (χ1n) is 7.18. The third-order valence-electron chi connectivity index (χ3n) is 3.18. The average molecular weight is 382 g/mol. The standard InChI is InChI=1S/C17H17Cl2N3OS/c1-11-3-5-14(6-4-11)20-16(23)10-22(2)17(24)21-15-8-12(18)7-13(19)9-15/h3-9H,10H2,1-2H3,(H,20,23)(H,21,24). The van der Waals surface area contributed by atoms with Gasteiger partial charge in [0.05, 0.1) is 6.54 Å². The number of nitrogens with one attached hydrogen (secondary N) is 2. The quantitative estimate of drug-likeness (QED) is 0.761. The molecule has 0 unspecified atom stereocenters. The number of benzene rings is 2. The van der Waals surface area contributed by atoms with Crippen molar-refractivity contribution in [3.8, 4) is 0 Å². The van der Waals surface area contributed by atoms with Crippen LogP contribution in [0.15, 0.2) is 42.5 Å². The summed E-state index contributed by atoms with van der Waals surface area (Å²) in [6.07, 6.45) is 0. The molecular weight excluding hydrogens is 365 g/mol. The van der Waals surface area contributed by atoms with Crippen LogP contribution < -0.4 is 10.6 Å². The van der Waals surface area contributed by atoms with E-state index in [4.69, 9.17) is 35.4 Å². The molecule has 2 rings (SSSR count). The maximum Gasteiger partial charge on any atom is 0.243 e. The minimum Gasteiger partial charge on any atom is -0.343 e. The molecule has 0 spiro atoms. The molecule has 7 heteroatoms. The Morgan fingerprint density at radius 3 is 2.21 bits per heavy atom. The highest BCUT2D eigenvalue weighted by Crippen LogP contribution is 2.22. The van der Waals surface area contributed by atoms with Crippen molar-refractivity contribution >= 4 is 57.8 Å². The van der Waals surface area contributed by atoms with E-state index in [1.807, 2.05) is 31.2 Å². The number of carbonyl (C=O) groups excluding carboxylic acids is 1. The number of anilines is 2. The van der Waals surface area contributed by atoms with E-state index >= 15 is 0 Å². The molecule has 2 N–H and O–H groups in total. The average Bonchev–Trinajstić information content (AvgIpc) is 2.48. The summed E-state index contributed by atoms with van der Waals surface area (Å²) in [4.78, 5) is 13.7. The molecule has 0 fully saturated rings. The van der Waals surface area contributed by atoms with E-state index in [1.165, 1.54) is 0 Å². The van der Waals surface area contributed by atoms with Gasteiger partial charge in [-0.15, -0.1) is 0 Å². The molecule has 126 valence electrons. The van der Waals surface area contributed by atoms with Gasteiger partial charge >= 0.3 is 0 Å². The highest BCUT2D eigenvalue weighted by Gasteiger charge is 2.11. The van der Waals surface area contributed by atoms with Crippen molar-refractivity contribution in [3.05, 3.63) is 58.1 Å². The van der Waals surface area contributed by atoms with Crippen LogP contribution in [0.1, 0.15) is 5.56 Å². The fraction of sp³-hybridized carbons (Fsp3) is 0.176. The number of carbonyl (C=O) groups is 1. The first-order chi connectivity index (χ1) is 11.3. The monoisotopic (exact) mass is 381 g/mol. The van der Waals surface area contributed by atoms with Crippen molar-refractivity contribution in [1.82, 2.24) is 4.90 Å². The molecule has 24 heavy (non-hydrogen) atoms. The molecule has 0 saturated heterocycles. The van der Waals surface area contributed by atoms with Gasteiger partial charge in [0.2, 0.25) is 5.91 Å². The molecule has 2 aromatic carbocycles. The normalized spacial score (nSPS) is 10.2. The lowest BCUT2D eigenvalue weighted by Gasteiger charge is -2.20. The number of halogens is 2. The second-order valence-corrected chi connectivity index (χ2v) is 6.62. The molecule has 0 aliphatic carbocycles. The van der Waals surface area contributed by atoms with Gasteiger partial charge in [-0.1, -0.05) is 40.9 Å². The third kappa shape index (κ3) is 5.67. The number of amides is 1. The van der Waals surface area contributed by atoms with E-state index in [9.17, 15) is 4.79 Å². The highest BCUT2D eigenvalue weighted by atomic mass is 35.5.